The molecule has 2 heterocycles. The Bertz CT molecular complexity index is 276. The number of thiophene rings is 1. The van der Waals surface area contributed by atoms with E-state index in [1.54, 1.807) is 0 Å². The summed E-state index contributed by atoms with van der Waals surface area (Å²) in [6, 6.07) is 5.12. The van der Waals surface area contributed by atoms with Gasteiger partial charge in [-0.3, -0.25) is 0 Å². The maximum Gasteiger partial charge on any atom is 0.0217 e. The summed E-state index contributed by atoms with van der Waals surface area (Å²) in [7, 11) is 2.27. The SMILES string of the molecule is CN(CCc1cccs1)C1CCCCNC1. The molecule has 1 unspecified atom stereocenters. The van der Waals surface area contributed by atoms with Gasteiger partial charge in [-0.25, -0.2) is 0 Å². The first-order valence-electron chi connectivity index (χ1n) is 6.29. The zero-order valence-corrected chi connectivity index (χ0v) is 10.9. The quantitative estimate of drug-likeness (QED) is 0.866. The number of nitrogens with one attached hydrogen (secondary N) is 1. The van der Waals surface area contributed by atoms with Gasteiger partial charge in [-0.05, 0) is 44.3 Å². The van der Waals surface area contributed by atoms with Crippen molar-refractivity contribution < 1.29 is 0 Å². The molecule has 1 saturated heterocycles. The first-order chi connectivity index (χ1) is 7.86. The Morgan fingerprint density at radius 1 is 1.50 bits per heavy atom. The van der Waals surface area contributed by atoms with Crippen molar-refractivity contribution in [2.45, 2.75) is 31.7 Å². The maximum atomic E-state index is 3.53. The smallest absolute Gasteiger partial charge is 0.0217 e. The van der Waals surface area contributed by atoms with Gasteiger partial charge in [0, 0.05) is 24.0 Å². The van der Waals surface area contributed by atoms with Gasteiger partial charge in [-0.1, -0.05) is 12.5 Å². The molecular formula is C13H22N2S. The van der Waals surface area contributed by atoms with Crippen molar-refractivity contribution in [1.82, 2.24) is 10.2 Å². The van der Waals surface area contributed by atoms with E-state index in [0.29, 0.717) is 0 Å². The highest BCUT2D eigenvalue weighted by Crippen LogP contribution is 2.13. The number of likely N-dealkylation sites (N-methyl/N-ethyl adjacent to an activating group) is 1. The zero-order valence-electron chi connectivity index (χ0n) is 10.1. The van der Waals surface area contributed by atoms with E-state index in [2.05, 4.69) is 34.8 Å². The van der Waals surface area contributed by atoms with Crippen molar-refractivity contribution in [2.75, 3.05) is 26.7 Å². The molecule has 16 heavy (non-hydrogen) atoms. The predicted molar refractivity (Wildman–Crippen MR) is 71.2 cm³/mol. The van der Waals surface area contributed by atoms with Gasteiger partial charge in [-0.2, -0.15) is 0 Å². The third kappa shape index (κ3) is 3.58. The minimum Gasteiger partial charge on any atom is -0.315 e. The maximum absolute atomic E-state index is 3.53. The highest BCUT2D eigenvalue weighted by Gasteiger charge is 2.16. The second kappa shape index (κ2) is 6.38. The Morgan fingerprint density at radius 2 is 2.44 bits per heavy atom. The van der Waals surface area contributed by atoms with Crippen LogP contribution in [0.4, 0.5) is 0 Å². The van der Waals surface area contributed by atoms with Crippen LogP contribution >= 0.6 is 11.3 Å². The van der Waals surface area contributed by atoms with E-state index in [4.69, 9.17) is 0 Å². The summed E-state index contributed by atoms with van der Waals surface area (Å²) < 4.78 is 0. The lowest BCUT2D eigenvalue weighted by Gasteiger charge is -2.26. The van der Waals surface area contributed by atoms with Gasteiger partial charge in [0.25, 0.3) is 0 Å². The van der Waals surface area contributed by atoms with Crippen LogP contribution < -0.4 is 5.32 Å². The lowest BCUT2D eigenvalue weighted by Crippen LogP contribution is -2.39. The van der Waals surface area contributed by atoms with Crippen LogP contribution in [0.15, 0.2) is 17.5 Å². The fourth-order valence-corrected chi connectivity index (χ4v) is 3.00. The fourth-order valence-electron chi connectivity index (χ4n) is 2.30. The molecule has 1 atom stereocenters. The van der Waals surface area contributed by atoms with Crippen molar-refractivity contribution in [2.24, 2.45) is 0 Å². The van der Waals surface area contributed by atoms with E-state index in [0.717, 1.165) is 6.04 Å². The number of hydrogen-bond acceptors (Lipinski definition) is 3. The highest BCUT2D eigenvalue weighted by atomic mass is 32.1. The van der Waals surface area contributed by atoms with E-state index in [9.17, 15) is 0 Å². The van der Waals surface area contributed by atoms with Crippen molar-refractivity contribution >= 4 is 11.3 Å². The number of rotatable bonds is 4. The molecule has 0 spiro atoms. The van der Waals surface area contributed by atoms with Crippen molar-refractivity contribution in [3.05, 3.63) is 22.4 Å². The molecule has 0 aromatic carbocycles. The van der Waals surface area contributed by atoms with Crippen molar-refractivity contribution in [3.63, 3.8) is 0 Å². The van der Waals surface area contributed by atoms with E-state index in [1.807, 2.05) is 11.3 Å². The third-order valence-electron chi connectivity index (χ3n) is 3.44. The van der Waals surface area contributed by atoms with Crippen LogP contribution in [0, 0.1) is 0 Å². The molecule has 1 fully saturated rings. The van der Waals surface area contributed by atoms with E-state index in [1.165, 1.54) is 50.2 Å². The molecule has 0 aliphatic carbocycles. The number of hydrogen-bond donors (Lipinski definition) is 1. The third-order valence-corrected chi connectivity index (χ3v) is 4.37. The lowest BCUT2D eigenvalue weighted by molar-refractivity contribution is 0.233. The summed E-state index contributed by atoms with van der Waals surface area (Å²) in [5.74, 6) is 0. The largest absolute Gasteiger partial charge is 0.315 e. The van der Waals surface area contributed by atoms with Crippen molar-refractivity contribution in [3.8, 4) is 0 Å². The standard InChI is InChI=1S/C13H22N2S/c1-15(9-7-13-6-4-10-16-13)12-5-2-3-8-14-11-12/h4,6,10,12,14H,2-3,5,7-9,11H2,1H3. The molecule has 3 heteroatoms. The Balaban J connectivity index is 1.75. The van der Waals surface area contributed by atoms with Gasteiger partial charge >= 0.3 is 0 Å². The second-order valence-corrected chi connectivity index (χ2v) is 5.70. The molecule has 0 radical (unpaired) electrons. The van der Waals surface area contributed by atoms with Crippen LogP contribution in [0.2, 0.25) is 0 Å². The summed E-state index contributed by atoms with van der Waals surface area (Å²) >= 11 is 1.87. The fraction of sp³-hybridized carbons (Fsp3) is 0.692. The number of nitrogens with zero attached hydrogens (tertiary/aromatic N) is 1. The van der Waals surface area contributed by atoms with Gasteiger partial charge in [0.05, 0.1) is 0 Å². The summed E-state index contributed by atoms with van der Waals surface area (Å²) in [5.41, 5.74) is 0. The minimum atomic E-state index is 0.738. The van der Waals surface area contributed by atoms with Gasteiger partial charge < -0.3 is 10.2 Å². The molecule has 0 amide bonds. The molecule has 1 aromatic rings. The van der Waals surface area contributed by atoms with E-state index in [-0.39, 0.29) is 0 Å². The van der Waals surface area contributed by atoms with Crippen molar-refractivity contribution in [1.29, 1.82) is 0 Å². The molecule has 1 aliphatic rings. The van der Waals surface area contributed by atoms with Crippen LogP contribution in [0.3, 0.4) is 0 Å². The Labute approximate surface area is 103 Å². The van der Waals surface area contributed by atoms with Crippen LogP contribution in [0.25, 0.3) is 0 Å². The normalized spacial score (nSPS) is 22.2. The first-order valence-corrected chi connectivity index (χ1v) is 7.17. The summed E-state index contributed by atoms with van der Waals surface area (Å²) in [4.78, 5) is 4.03. The van der Waals surface area contributed by atoms with Gasteiger partial charge in [0.1, 0.15) is 0 Å². The van der Waals surface area contributed by atoms with Crippen LogP contribution in [0.1, 0.15) is 24.1 Å². The molecule has 1 N–H and O–H groups in total. The lowest BCUT2D eigenvalue weighted by atomic mass is 10.1. The monoisotopic (exact) mass is 238 g/mol. The van der Waals surface area contributed by atoms with E-state index >= 15 is 0 Å². The van der Waals surface area contributed by atoms with Gasteiger partial charge in [0.15, 0.2) is 0 Å². The predicted octanol–water partition coefficient (Wildman–Crippen LogP) is 2.36. The van der Waals surface area contributed by atoms with Gasteiger partial charge in [-0.15, -0.1) is 11.3 Å². The highest BCUT2D eigenvalue weighted by molar-refractivity contribution is 7.09. The molecule has 2 nitrogen and oxygen atoms in total. The summed E-state index contributed by atoms with van der Waals surface area (Å²) in [5, 5.41) is 5.70. The zero-order chi connectivity index (χ0) is 11.2. The molecule has 0 saturated carbocycles. The minimum absolute atomic E-state index is 0.738. The Kier molecular flexibility index (Phi) is 4.82. The van der Waals surface area contributed by atoms with Crippen LogP contribution in [-0.2, 0) is 6.42 Å². The second-order valence-electron chi connectivity index (χ2n) is 4.66. The summed E-state index contributed by atoms with van der Waals surface area (Å²) in [6.07, 6.45) is 5.27. The average Bonchev–Trinajstić information content (AvgIpc) is 2.66. The van der Waals surface area contributed by atoms with Gasteiger partial charge in [0.2, 0.25) is 0 Å². The van der Waals surface area contributed by atoms with E-state index < -0.39 is 0 Å². The molecule has 1 aromatic heterocycles. The Morgan fingerprint density at radius 3 is 3.25 bits per heavy atom. The molecule has 90 valence electrons. The molecule has 2 rings (SSSR count). The summed E-state index contributed by atoms with van der Waals surface area (Å²) in [6.45, 7) is 3.56. The average molecular weight is 238 g/mol. The topological polar surface area (TPSA) is 15.3 Å². The molecular weight excluding hydrogens is 216 g/mol. The Hall–Kier alpha value is -0.380. The molecule has 0 bridgehead atoms. The van der Waals surface area contributed by atoms with Crippen LogP contribution in [-0.4, -0.2) is 37.6 Å². The first kappa shape index (κ1) is 12.1. The van der Waals surface area contributed by atoms with Crippen LogP contribution in [0.5, 0.6) is 0 Å². The molecule has 1 aliphatic heterocycles.